The standard InChI is InChI=1S/C18H16N4O2/c1-13(23)20-16-4-2-3-14(11-16)18(24)21-15-5-7-17(8-6-15)22-10-9-19-12-22/h2-12H,1H3,(H,20,23)(H,21,24). The summed E-state index contributed by atoms with van der Waals surface area (Å²) in [7, 11) is 0. The van der Waals surface area contributed by atoms with Gasteiger partial charge in [0.25, 0.3) is 5.91 Å². The third-order valence-electron chi connectivity index (χ3n) is 3.37. The number of anilines is 2. The Hall–Kier alpha value is -3.41. The van der Waals surface area contributed by atoms with Crippen molar-refractivity contribution in [1.82, 2.24) is 9.55 Å². The number of carbonyl (C=O) groups is 2. The Balaban J connectivity index is 1.71. The smallest absolute Gasteiger partial charge is 0.255 e. The van der Waals surface area contributed by atoms with Gasteiger partial charge in [-0.1, -0.05) is 6.07 Å². The molecule has 0 aliphatic carbocycles. The molecular formula is C18H16N4O2. The minimum Gasteiger partial charge on any atom is -0.326 e. The molecule has 6 nitrogen and oxygen atoms in total. The summed E-state index contributed by atoms with van der Waals surface area (Å²) < 4.78 is 1.88. The van der Waals surface area contributed by atoms with E-state index in [1.54, 1.807) is 36.8 Å². The highest BCUT2D eigenvalue weighted by Crippen LogP contribution is 2.16. The van der Waals surface area contributed by atoms with Gasteiger partial charge >= 0.3 is 0 Å². The topological polar surface area (TPSA) is 76.0 Å². The predicted molar refractivity (Wildman–Crippen MR) is 92.3 cm³/mol. The molecule has 0 fully saturated rings. The van der Waals surface area contributed by atoms with Crippen LogP contribution in [-0.4, -0.2) is 21.4 Å². The average molecular weight is 320 g/mol. The number of amides is 2. The largest absolute Gasteiger partial charge is 0.326 e. The first-order valence-corrected chi connectivity index (χ1v) is 7.39. The first kappa shape index (κ1) is 15.5. The molecule has 1 aromatic heterocycles. The molecule has 0 unspecified atom stereocenters. The van der Waals surface area contributed by atoms with E-state index in [1.807, 2.05) is 35.0 Å². The van der Waals surface area contributed by atoms with Crippen LogP contribution in [0, 0.1) is 0 Å². The van der Waals surface area contributed by atoms with Crippen molar-refractivity contribution in [3.8, 4) is 5.69 Å². The maximum absolute atomic E-state index is 12.3. The molecule has 0 aliphatic rings. The Bertz CT molecular complexity index is 855. The lowest BCUT2D eigenvalue weighted by Crippen LogP contribution is -2.13. The van der Waals surface area contributed by atoms with Crippen molar-refractivity contribution in [2.45, 2.75) is 6.92 Å². The van der Waals surface area contributed by atoms with E-state index in [2.05, 4.69) is 15.6 Å². The van der Waals surface area contributed by atoms with Crippen molar-refractivity contribution in [3.05, 3.63) is 72.8 Å². The molecule has 2 N–H and O–H groups in total. The van der Waals surface area contributed by atoms with E-state index in [0.717, 1.165) is 5.69 Å². The summed E-state index contributed by atoms with van der Waals surface area (Å²) in [5.41, 5.74) is 2.71. The molecular weight excluding hydrogens is 304 g/mol. The zero-order valence-electron chi connectivity index (χ0n) is 13.1. The van der Waals surface area contributed by atoms with Crippen LogP contribution in [-0.2, 0) is 4.79 Å². The molecule has 2 amide bonds. The zero-order valence-corrected chi connectivity index (χ0v) is 13.1. The monoisotopic (exact) mass is 320 g/mol. The zero-order chi connectivity index (χ0) is 16.9. The van der Waals surface area contributed by atoms with Gasteiger partial charge in [-0.05, 0) is 42.5 Å². The highest BCUT2D eigenvalue weighted by molar-refractivity contribution is 6.05. The van der Waals surface area contributed by atoms with Crippen LogP contribution in [0.15, 0.2) is 67.3 Å². The molecule has 0 saturated carbocycles. The molecule has 0 bridgehead atoms. The van der Waals surface area contributed by atoms with Crippen LogP contribution < -0.4 is 10.6 Å². The second-order valence-electron chi connectivity index (χ2n) is 5.23. The van der Waals surface area contributed by atoms with Crippen LogP contribution in [0.2, 0.25) is 0 Å². The van der Waals surface area contributed by atoms with Crippen LogP contribution in [0.5, 0.6) is 0 Å². The Labute approximate surface area is 139 Å². The van der Waals surface area contributed by atoms with E-state index in [4.69, 9.17) is 0 Å². The molecule has 0 spiro atoms. The fourth-order valence-corrected chi connectivity index (χ4v) is 2.27. The molecule has 0 aliphatic heterocycles. The second kappa shape index (κ2) is 6.78. The second-order valence-corrected chi connectivity index (χ2v) is 5.23. The van der Waals surface area contributed by atoms with Gasteiger partial charge in [-0.2, -0.15) is 0 Å². The Morgan fingerprint density at radius 3 is 2.46 bits per heavy atom. The van der Waals surface area contributed by atoms with Gasteiger partial charge in [0.15, 0.2) is 0 Å². The number of nitrogens with zero attached hydrogens (tertiary/aromatic N) is 2. The van der Waals surface area contributed by atoms with Crippen molar-refractivity contribution in [3.63, 3.8) is 0 Å². The highest BCUT2D eigenvalue weighted by Gasteiger charge is 2.07. The number of imidazole rings is 1. The van der Waals surface area contributed by atoms with Crippen LogP contribution >= 0.6 is 0 Å². The van der Waals surface area contributed by atoms with E-state index >= 15 is 0 Å². The fraction of sp³-hybridized carbons (Fsp3) is 0.0556. The van der Waals surface area contributed by atoms with E-state index in [-0.39, 0.29) is 11.8 Å². The number of nitrogens with one attached hydrogen (secondary N) is 2. The number of aromatic nitrogens is 2. The lowest BCUT2D eigenvalue weighted by molar-refractivity contribution is -0.114. The molecule has 3 rings (SSSR count). The van der Waals surface area contributed by atoms with E-state index < -0.39 is 0 Å². The summed E-state index contributed by atoms with van der Waals surface area (Å²) in [6, 6.07) is 14.2. The van der Waals surface area contributed by atoms with Crippen molar-refractivity contribution in [1.29, 1.82) is 0 Å². The van der Waals surface area contributed by atoms with Gasteiger partial charge in [0.05, 0.1) is 6.33 Å². The summed E-state index contributed by atoms with van der Waals surface area (Å²) in [6.07, 6.45) is 5.26. The summed E-state index contributed by atoms with van der Waals surface area (Å²) >= 11 is 0. The molecule has 0 saturated heterocycles. The quantitative estimate of drug-likeness (QED) is 0.775. The van der Waals surface area contributed by atoms with Crippen molar-refractivity contribution < 1.29 is 9.59 Å². The SMILES string of the molecule is CC(=O)Nc1cccc(C(=O)Nc2ccc(-n3ccnc3)cc2)c1. The van der Waals surface area contributed by atoms with Crippen LogP contribution in [0.25, 0.3) is 5.69 Å². The number of hydrogen-bond acceptors (Lipinski definition) is 3. The van der Waals surface area contributed by atoms with Gasteiger partial charge < -0.3 is 15.2 Å². The molecule has 6 heteroatoms. The number of hydrogen-bond donors (Lipinski definition) is 2. The summed E-state index contributed by atoms with van der Waals surface area (Å²) in [5, 5.41) is 5.49. The van der Waals surface area contributed by atoms with E-state index in [9.17, 15) is 9.59 Å². The molecule has 0 atom stereocenters. The Morgan fingerprint density at radius 1 is 1.00 bits per heavy atom. The Kier molecular flexibility index (Phi) is 4.38. The van der Waals surface area contributed by atoms with Crippen LogP contribution in [0.4, 0.5) is 11.4 Å². The minimum absolute atomic E-state index is 0.178. The van der Waals surface area contributed by atoms with Crippen molar-refractivity contribution in [2.24, 2.45) is 0 Å². The van der Waals surface area contributed by atoms with E-state index in [0.29, 0.717) is 16.9 Å². The maximum atomic E-state index is 12.3. The van der Waals surface area contributed by atoms with Gasteiger partial charge in [0.1, 0.15) is 0 Å². The van der Waals surface area contributed by atoms with Crippen molar-refractivity contribution in [2.75, 3.05) is 10.6 Å². The predicted octanol–water partition coefficient (Wildman–Crippen LogP) is 3.08. The van der Waals surface area contributed by atoms with Gasteiger partial charge in [-0.15, -0.1) is 0 Å². The van der Waals surface area contributed by atoms with Gasteiger partial charge in [-0.3, -0.25) is 9.59 Å². The minimum atomic E-state index is -0.238. The number of rotatable bonds is 4. The summed E-state index contributed by atoms with van der Waals surface area (Å²) in [4.78, 5) is 27.4. The van der Waals surface area contributed by atoms with Gasteiger partial charge in [-0.25, -0.2) is 4.98 Å². The highest BCUT2D eigenvalue weighted by atomic mass is 16.2. The van der Waals surface area contributed by atoms with Crippen LogP contribution in [0.1, 0.15) is 17.3 Å². The summed E-state index contributed by atoms with van der Waals surface area (Å²) in [6.45, 7) is 1.43. The first-order chi connectivity index (χ1) is 11.6. The van der Waals surface area contributed by atoms with E-state index in [1.165, 1.54) is 6.92 Å². The molecule has 3 aromatic rings. The fourth-order valence-electron chi connectivity index (χ4n) is 2.27. The molecule has 1 heterocycles. The average Bonchev–Trinajstić information content (AvgIpc) is 3.09. The third kappa shape index (κ3) is 3.67. The number of benzene rings is 2. The van der Waals surface area contributed by atoms with Gasteiger partial charge in [0, 0.05) is 41.9 Å². The molecule has 2 aromatic carbocycles. The third-order valence-corrected chi connectivity index (χ3v) is 3.37. The first-order valence-electron chi connectivity index (χ1n) is 7.39. The van der Waals surface area contributed by atoms with Crippen LogP contribution in [0.3, 0.4) is 0 Å². The van der Waals surface area contributed by atoms with Gasteiger partial charge in [0.2, 0.25) is 5.91 Å². The lowest BCUT2D eigenvalue weighted by atomic mass is 10.1. The number of carbonyl (C=O) groups excluding carboxylic acids is 2. The normalized spacial score (nSPS) is 10.2. The summed E-state index contributed by atoms with van der Waals surface area (Å²) in [5.74, 6) is -0.416. The maximum Gasteiger partial charge on any atom is 0.255 e. The molecule has 120 valence electrons. The molecule has 0 radical (unpaired) electrons. The van der Waals surface area contributed by atoms with Crippen molar-refractivity contribution >= 4 is 23.2 Å². The molecule has 24 heavy (non-hydrogen) atoms. The lowest BCUT2D eigenvalue weighted by Gasteiger charge is -2.08. The Morgan fingerprint density at radius 2 is 1.79 bits per heavy atom.